The fraction of sp³-hybridized carbons (Fsp3) is 0.750. The highest BCUT2D eigenvalue weighted by Crippen LogP contribution is 2.17. The molecule has 472 valence electrons. The fourth-order valence-electron chi connectivity index (χ4n) is 10.1. The Hall–Kier alpha value is -3.67. The number of esters is 3. The van der Waals surface area contributed by atoms with Crippen LogP contribution in [-0.4, -0.2) is 37.2 Å². The first-order valence-corrected chi connectivity index (χ1v) is 35.2. The lowest BCUT2D eigenvalue weighted by molar-refractivity contribution is -0.167. The van der Waals surface area contributed by atoms with E-state index in [-0.39, 0.29) is 31.1 Å². The maximum absolute atomic E-state index is 13.0. The Balaban J connectivity index is 4.31. The number of allylic oxidation sites excluding steroid dienone is 16. The number of hydrogen-bond acceptors (Lipinski definition) is 6. The zero-order chi connectivity index (χ0) is 59.2. The average Bonchev–Trinajstić information content (AvgIpc) is 3.47. The molecule has 0 aromatic carbocycles. The van der Waals surface area contributed by atoms with E-state index >= 15 is 0 Å². The topological polar surface area (TPSA) is 78.9 Å². The van der Waals surface area contributed by atoms with Crippen molar-refractivity contribution in [1.82, 2.24) is 0 Å². The summed E-state index contributed by atoms with van der Waals surface area (Å²) in [6, 6.07) is 0. The molecule has 82 heavy (non-hydrogen) atoms. The Morgan fingerprint density at radius 2 is 0.476 bits per heavy atom. The normalized spacial score (nSPS) is 12.7. The summed E-state index contributed by atoms with van der Waals surface area (Å²) >= 11 is 0. The summed E-state index contributed by atoms with van der Waals surface area (Å²) in [4.78, 5) is 38.4. The maximum atomic E-state index is 13.0. The summed E-state index contributed by atoms with van der Waals surface area (Å²) in [7, 11) is 0. The third-order valence-corrected chi connectivity index (χ3v) is 15.3. The summed E-state index contributed by atoms with van der Waals surface area (Å²) in [5, 5.41) is 0. The highest BCUT2D eigenvalue weighted by atomic mass is 16.6. The quantitative estimate of drug-likeness (QED) is 0.0261. The molecular formula is C76H132O6. The molecule has 0 aromatic heterocycles. The van der Waals surface area contributed by atoms with Gasteiger partial charge in [-0.2, -0.15) is 0 Å². The van der Waals surface area contributed by atoms with E-state index in [0.717, 1.165) is 103 Å². The van der Waals surface area contributed by atoms with E-state index in [9.17, 15) is 14.4 Å². The molecule has 1 unspecified atom stereocenters. The molecule has 0 saturated carbocycles. The van der Waals surface area contributed by atoms with Crippen LogP contribution in [0.1, 0.15) is 348 Å². The molecule has 6 nitrogen and oxygen atoms in total. The van der Waals surface area contributed by atoms with Gasteiger partial charge in [-0.05, 0) is 103 Å². The monoisotopic (exact) mass is 1140 g/mol. The van der Waals surface area contributed by atoms with Crippen LogP contribution >= 0.6 is 0 Å². The minimum Gasteiger partial charge on any atom is -0.462 e. The van der Waals surface area contributed by atoms with Gasteiger partial charge in [0.1, 0.15) is 13.2 Å². The molecule has 0 bridgehead atoms. The van der Waals surface area contributed by atoms with Gasteiger partial charge in [0.2, 0.25) is 0 Å². The molecule has 0 aromatic rings. The van der Waals surface area contributed by atoms with Gasteiger partial charge in [-0.25, -0.2) is 0 Å². The van der Waals surface area contributed by atoms with Crippen molar-refractivity contribution >= 4 is 17.9 Å². The average molecular weight is 1140 g/mol. The summed E-state index contributed by atoms with van der Waals surface area (Å²) in [5.41, 5.74) is 0. The second-order valence-electron chi connectivity index (χ2n) is 23.4. The molecule has 0 fully saturated rings. The minimum absolute atomic E-state index is 0.0765. The van der Waals surface area contributed by atoms with Gasteiger partial charge in [-0.1, -0.05) is 323 Å². The molecule has 0 rings (SSSR count). The van der Waals surface area contributed by atoms with E-state index in [4.69, 9.17) is 14.2 Å². The van der Waals surface area contributed by atoms with Gasteiger partial charge in [-0.15, -0.1) is 0 Å². The third kappa shape index (κ3) is 67.1. The Labute approximate surface area is 508 Å². The van der Waals surface area contributed by atoms with Gasteiger partial charge in [0.05, 0.1) is 0 Å². The van der Waals surface area contributed by atoms with Gasteiger partial charge < -0.3 is 14.2 Å². The van der Waals surface area contributed by atoms with E-state index < -0.39 is 6.10 Å². The van der Waals surface area contributed by atoms with Crippen LogP contribution in [0.2, 0.25) is 0 Å². The first-order chi connectivity index (χ1) is 40.5. The zero-order valence-electron chi connectivity index (χ0n) is 54.2. The largest absolute Gasteiger partial charge is 0.462 e. The molecule has 0 aliphatic heterocycles. The second-order valence-corrected chi connectivity index (χ2v) is 23.4. The zero-order valence-corrected chi connectivity index (χ0v) is 54.2. The molecule has 0 aliphatic rings. The minimum atomic E-state index is -0.782. The lowest BCUT2D eigenvalue weighted by Gasteiger charge is -2.18. The Kier molecular flexibility index (Phi) is 66.7. The van der Waals surface area contributed by atoms with Gasteiger partial charge in [0.15, 0.2) is 6.10 Å². The van der Waals surface area contributed by atoms with Crippen molar-refractivity contribution in [3.05, 3.63) is 97.2 Å². The molecule has 0 aliphatic carbocycles. The lowest BCUT2D eigenvalue weighted by atomic mass is 10.0. The lowest BCUT2D eigenvalue weighted by Crippen LogP contribution is -2.30. The van der Waals surface area contributed by atoms with Crippen LogP contribution in [0.25, 0.3) is 0 Å². The van der Waals surface area contributed by atoms with Crippen molar-refractivity contribution in [2.75, 3.05) is 13.2 Å². The van der Waals surface area contributed by atoms with Crippen LogP contribution in [-0.2, 0) is 28.6 Å². The predicted octanol–water partition coefficient (Wildman–Crippen LogP) is 24.4. The number of ether oxygens (including phenoxy) is 3. The van der Waals surface area contributed by atoms with Crippen LogP contribution in [0.15, 0.2) is 97.2 Å². The highest BCUT2D eigenvalue weighted by Gasteiger charge is 2.19. The van der Waals surface area contributed by atoms with Crippen LogP contribution < -0.4 is 0 Å². The van der Waals surface area contributed by atoms with Gasteiger partial charge in [0, 0.05) is 19.3 Å². The third-order valence-electron chi connectivity index (χ3n) is 15.3. The van der Waals surface area contributed by atoms with Crippen LogP contribution in [0, 0.1) is 0 Å². The first-order valence-electron chi connectivity index (χ1n) is 35.2. The number of hydrogen-bond donors (Lipinski definition) is 0. The first kappa shape index (κ1) is 78.3. The molecule has 1 atom stereocenters. The van der Waals surface area contributed by atoms with Gasteiger partial charge in [0.25, 0.3) is 0 Å². The summed E-state index contributed by atoms with van der Waals surface area (Å²) < 4.78 is 17.0. The standard InChI is InChI=1S/C76H132O6/c1-4-7-10-13-16-19-22-25-28-30-32-34-35-36-37-38-39-40-41-43-44-46-48-51-54-57-60-63-66-69-75(78)81-72-73(71-80-74(77)68-65-62-59-56-53-50-27-24-21-18-15-12-9-6-3)82-76(79)70-67-64-61-58-55-52-49-47-45-42-33-31-29-26-23-20-17-14-11-8-5-2/h7,10,16,19,23,25-26,28,31-34,36-37,39-40,73H,4-6,8-9,11-15,17-18,20-22,24,27,29-30,35,38,41-72H2,1-3H3/b10-7-,19-16-,26-23-,28-25-,33-31-,34-32-,37-36-,40-39-. The van der Waals surface area contributed by atoms with Crippen molar-refractivity contribution in [3.8, 4) is 0 Å². The van der Waals surface area contributed by atoms with Crippen molar-refractivity contribution in [3.63, 3.8) is 0 Å². The van der Waals surface area contributed by atoms with Crippen LogP contribution in [0.4, 0.5) is 0 Å². The van der Waals surface area contributed by atoms with Crippen molar-refractivity contribution in [2.24, 2.45) is 0 Å². The number of rotatable bonds is 64. The summed E-state index contributed by atoms with van der Waals surface area (Å²) in [6.45, 7) is 6.55. The highest BCUT2D eigenvalue weighted by molar-refractivity contribution is 5.71. The molecule has 0 spiro atoms. The van der Waals surface area contributed by atoms with Crippen molar-refractivity contribution in [1.29, 1.82) is 0 Å². The van der Waals surface area contributed by atoms with Crippen LogP contribution in [0.5, 0.6) is 0 Å². The van der Waals surface area contributed by atoms with Gasteiger partial charge >= 0.3 is 17.9 Å². The Morgan fingerprint density at radius 1 is 0.256 bits per heavy atom. The number of carbonyl (C=O) groups is 3. The summed E-state index contributed by atoms with van der Waals surface area (Å²) in [6.07, 6.45) is 94.2. The summed E-state index contributed by atoms with van der Waals surface area (Å²) in [5.74, 6) is -0.868. The molecule has 0 N–H and O–H groups in total. The molecule has 0 amide bonds. The number of carbonyl (C=O) groups excluding carboxylic acids is 3. The molecule has 0 radical (unpaired) electrons. The Bertz CT molecular complexity index is 1590. The van der Waals surface area contributed by atoms with E-state index in [1.165, 1.54) is 205 Å². The van der Waals surface area contributed by atoms with E-state index in [1.807, 2.05) is 0 Å². The second kappa shape index (κ2) is 69.8. The molecular weight excluding hydrogens is 1010 g/mol. The van der Waals surface area contributed by atoms with Crippen LogP contribution in [0.3, 0.4) is 0 Å². The van der Waals surface area contributed by atoms with E-state index in [1.54, 1.807) is 0 Å². The predicted molar refractivity (Wildman–Crippen MR) is 357 cm³/mol. The molecule has 0 saturated heterocycles. The SMILES string of the molecule is CC/C=C\C/C=C\C/C=C\C/C=C\C/C=C\C/C=C\CCCCCCCCCCCCC(=O)OCC(COC(=O)CCCCCCCCCCCCCCCC)OC(=O)CCCCCCCCCCC/C=C\C/C=C\CCCCCCC. The van der Waals surface area contributed by atoms with E-state index in [2.05, 4.69) is 118 Å². The van der Waals surface area contributed by atoms with Crippen molar-refractivity contribution < 1.29 is 28.6 Å². The van der Waals surface area contributed by atoms with Crippen molar-refractivity contribution in [2.45, 2.75) is 354 Å². The maximum Gasteiger partial charge on any atom is 0.306 e. The molecule has 0 heterocycles. The Morgan fingerprint density at radius 3 is 0.744 bits per heavy atom. The number of unbranched alkanes of at least 4 members (excludes halogenated alkanes) is 37. The van der Waals surface area contributed by atoms with Gasteiger partial charge in [-0.3, -0.25) is 14.4 Å². The fourth-order valence-corrected chi connectivity index (χ4v) is 10.1. The molecule has 6 heteroatoms. The smallest absolute Gasteiger partial charge is 0.306 e. The van der Waals surface area contributed by atoms with E-state index in [0.29, 0.717) is 19.3 Å².